The third-order valence-electron chi connectivity index (χ3n) is 0.199. The van der Waals surface area contributed by atoms with E-state index in [0.29, 0.717) is 0 Å². The summed E-state index contributed by atoms with van der Waals surface area (Å²) in [6, 6.07) is -0.246. The summed E-state index contributed by atoms with van der Waals surface area (Å²) in [5.41, 5.74) is 0. The van der Waals surface area contributed by atoms with Gasteiger partial charge >= 0.3 is 6.07 Å². The molecule has 6 heteroatoms. The summed E-state index contributed by atoms with van der Waals surface area (Å²) in [5.74, 6) is 0. The van der Waals surface area contributed by atoms with E-state index in [2.05, 4.69) is 4.52 Å². The van der Waals surface area contributed by atoms with Gasteiger partial charge in [0.25, 0.3) is 0 Å². The molecule has 0 aromatic rings. The van der Waals surface area contributed by atoms with Gasteiger partial charge in [-0.05, 0) is 22.5 Å². The van der Waals surface area contributed by atoms with Gasteiger partial charge in [-0.1, -0.05) is 11.6 Å². The number of halogens is 3. The molecule has 0 spiro atoms. The molecule has 0 N–H and O–H groups in total. The molecule has 0 fully saturated rings. The van der Waals surface area contributed by atoms with Crippen LogP contribution in [0, 0.1) is 0 Å². The lowest BCUT2D eigenvalue weighted by Gasteiger charge is -1.94. The number of hydrogen-bond donors (Lipinski definition) is 0. The zero-order valence-corrected chi connectivity index (χ0v) is 6.27. The molecule has 0 atom stereocenters. The van der Waals surface area contributed by atoms with Gasteiger partial charge in [0.15, 0.2) is 0 Å². The first kappa shape index (κ1) is 8.06. The number of alkyl halides is 1. The quantitative estimate of drug-likeness (QED) is 0.486. The Morgan fingerprint density at radius 3 is 2.00 bits per heavy atom. The van der Waals surface area contributed by atoms with Gasteiger partial charge in [-0.15, -0.1) is 0 Å². The van der Waals surface area contributed by atoms with Crippen molar-refractivity contribution in [1.82, 2.24) is 0 Å². The van der Waals surface area contributed by atoms with Crippen LogP contribution in [0.15, 0.2) is 0 Å². The summed E-state index contributed by atoms with van der Waals surface area (Å²) in [5, 5.41) is 0. The lowest BCUT2D eigenvalue weighted by molar-refractivity contribution is 0.399. The Balaban J connectivity index is 3.36. The van der Waals surface area contributed by atoms with Crippen LogP contribution < -0.4 is 0 Å². The smallest absolute Gasteiger partial charge is 0.290 e. The number of rotatable bonds is 2. The van der Waals surface area contributed by atoms with Crippen molar-refractivity contribution in [2.75, 3.05) is 6.07 Å². The molecule has 0 aliphatic heterocycles. The first-order valence-electron chi connectivity index (χ1n) is 1.26. The van der Waals surface area contributed by atoms with Crippen molar-refractivity contribution in [3.8, 4) is 0 Å². The lowest BCUT2D eigenvalue weighted by atomic mass is 11.7. The van der Waals surface area contributed by atoms with Crippen LogP contribution in [0.5, 0.6) is 0 Å². The molecule has 0 saturated heterocycles. The molecule has 44 valence electrons. The zero-order valence-electron chi connectivity index (χ0n) is 3.10. The van der Waals surface area contributed by atoms with Crippen molar-refractivity contribution >= 4 is 40.2 Å². The first-order valence-corrected chi connectivity index (χ1v) is 5.23. The van der Waals surface area contributed by atoms with Gasteiger partial charge in [-0.2, -0.15) is 0 Å². The second-order valence-corrected chi connectivity index (χ2v) is 5.15. The Kier molecular flexibility index (Phi) is 3.64. The molecule has 0 aromatic carbocycles. The maximum absolute atomic E-state index is 10.0. The Morgan fingerprint density at radius 1 is 1.57 bits per heavy atom. The molecule has 2 nitrogen and oxygen atoms in total. The van der Waals surface area contributed by atoms with Gasteiger partial charge < -0.3 is 0 Å². The molecule has 0 radical (unpaired) electrons. The lowest BCUT2D eigenvalue weighted by Crippen LogP contribution is -1.70. The van der Waals surface area contributed by atoms with Gasteiger partial charge in [0.05, 0.1) is 0 Å². The van der Waals surface area contributed by atoms with Crippen molar-refractivity contribution in [3.63, 3.8) is 0 Å². The molecule has 0 aliphatic carbocycles. The summed E-state index contributed by atoms with van der Waals surface area (Å²) in [7, 11) is 0. The Labute approximate surface area is 55.7 Å². The van der Waals surface area contributed by atoms with Crippen molar-refractivity contribution in [2.24, 2.45) is 0 Å². The summed E-state index contributed by atoms with van der Waals surface area (Å²) in [6.07, 6.45) is -3.35. The van der Waals surface area contributed by atoms with E-state index in [4.69, 9.17) is 34.1 Å². The zero-order chi connectivity index (χ0) is 5.91. The van der Waals surface area contributed by atoms with Gasteiger partial charge in [0.1, 0.15) is 6.07 Å². The maximum Gasteiger partial charge on any atom is 0.381 e. The SMILES string of the molecule is O=P(Cl)(Cl)OCCl. The minimum absolute atomic E-state index is 0.246. The molecular weight excluding hydrogens is 181 g/mol. The minimum Gasteiger partial charge on any atom is -0.290 e. The van der Waals surface area contributed by atoms with Gasteiger partial charge in [-0.25, -0.2) is 0 Å². The van der Waals surface area contributed by atoms with E-state index in [1.54, 1.807) is 0 Å². The fourth-order valence-electron chi connectivity index (χ4n) is 0.0568. The molecule has 0 rings (SSSR count). The van der Waals surface area contributed by atoms with Crippen LogP contribution in [-0.4, -0.2) is 6.07 Å². The summed E-state index contributed by atoms with van der Waals surface area (Å²) >= 11 is 14.6. The summed E-state index contributed by atoms with van der Waals surface area (Å²) < 4.78 is 14.1. The molecule has 0 heterocycles. The van der Waals surface area contributed by atoms with Crippen LogP contribution >= 0.6 is 40.2 Å². The predicted octanol–water partition coefficient (Wildman–Crippen LogP) is 2.79. The molecule has 0 unspecified atom stereocenters. The van der Waals surface area contributed by atoms with Crippen LogP contribution in [0.1, 0.15) is 0 Å². The van der Waals surface area contributed by atoms with E-state index < -0.39 is 6.07 Å². The van der Waals surface area contributed by atoms with E-state index in [0.717, 1.165) is 0 Å². The van der Waals surface area contributed by atoms with Crippen molar-refractivity contribution < 1.29 is 9.09 Å². The molecule has 0 amide bonds. The summed E-state index contributed by atoms with van der Waals surface area (Å²) in [6.45, 7) is 0. The van der Waals surface area contributed by atoms with Gasteiger partial charge in [0.2, 0.25) is 0 Å². The van der Waals surface area contributed by atoms with Crippen LogP contribution in [0.4, 0.5) is 0 Å². The monoisotopic (exact) mass is 182 g/mol. The van der Waals surface area contributed by atoms with Crippen LogP contribution in [0.25, 0.3) is 0 Å². The summed E-state index contributed by atoms with van der Waals surface area (Å²) in [4.78, 5) is 0. The van der Waals surface area contributed by atoms with E-state index in [1.807, 2.05) is 0 Å². The highest BCUT2D eigenvalue weighted by Crippen LogP contribution is 2.57. The second-order valence-electron chi connectivity index (χ2n) is 0.653. The third kappa shape index (κ3) is 7.06. The average Bonchev–Trinajstić information content (AvgIpc) is 1.30. The Morgan fingerprint density at radius 2 is 2.00 bits per heavy atom. The second kappa shape index (κ2) is 3.16. The van der Waals surface area contributed by atoms with Crippen molar-refractivity contribution in [1.29, 1.82) is 0 Å². The van der Waals surface area contributed by atoms with Gasteiger partial charge in [0, 0.05) is 0 Å². The van der Waals surface area contributed by atoms with Gasteiger partial charge in [-0.3, -0.25) is 9.09 Å². The largest absolute Gasteiger partial charge is 0.381 e. The molecule has 7 heavy (non-hydrogen) atoms. The van der Waals surface area contributed by atoms with Crippen LogP contribution in [0.3, 0.4) is 0 Å². The molecule has 0 aromatic heterocycles. The normalized spacial score (nSPS) is 11.9. The van der Waals surface area contributed by atoms with E-state index in [-0.39, 0.29) is 6.07 Å². The van der Waals surface area contributed by atoms with E-state index in [1.165, 1.54) is 0 Å². The van der Waals surface area contributed by atoms with E-state index in [9.17, 15) is 4.57 Å². The molecule has 0 saturated carbocycles. The van der Waals surface area contributed by atoms with Crippen molar-refractivity contribution in [3.05, 3.63) is 0 Å². The van der Waals surface area contributed by atoms with Crippen LogP contribution in [-0.2, 0) is 9.09 Å². The standard InChI is InChI=1S/CH2Cl3O2P/c2-1-6-7(3,4)5/h1H2. The maximum atomic E-state index is 10.0. The van der Waals surface area contributed by atoms with Crippen LogP contribution in [0.2, 0.25) is 0 Å². The highest BCUT2D eigenvalue weighted by Gasteiger charge is 2.11. The topological polar surface area (TPSA) is 26.3 Å². The third-order valence-corrected chi connectivity index (χ3v) is 1.48. The number of hydrogen-bond acceptors (Lipinski definition) is 2. The first-order chi connectivity index (χ1) is 3.06. The Bertz CT molecular complexity index is 86.9. The average molecular weight is 183 g/mol. The van der Waals surface area contributed by atoms with Crippen molar-refractivity contribution in [2.45, 2.75) is 0 Å². The van der Waals surface area contributed by atoms with E-state index >= 15 is 0 Å². The molecule has 0 bridgehead atoms. The Hall–Kier alpha value is 1.06. The fraction of sp³-hybridized carbons (Fsp3) is 1.00. The predicted molar refractivity (Wildman–Crippen MR) is 31.1 cm³/mol. The fourth-order valence-corrected chi connectivity index (χ4v) is 1.18. The highest BCUT2D eigenvalue weighted by molar-refractivity contribution is 8.05. The minimum atomic E-state index is -3.35. The molecule has 0 aliphatic rings. The highest BCUT2D eigenvalue weighted by atomic mass is 35.9. The molecular formula is CH2Cl3O2P.